The van der Waals surface area contributed by atoms with Crippen LogP contribution >= 0.6 is 0 Å². The van der Waals surface area contributed by atoms with E-state index in [1.54, 1.807) is 0 Å². The van der Waals surface area contributed by atoms with Crippen molar-refractivity contribution in [2.24, 2.45) is 5.92 Å². The molecule has 3 atom stereocenters. The molecule has 0 aromatic heterocycles. The first-order valence-corrected chi connectivity index (χ1v) is 4.16. The van der Waals surface area contributed by atoms with Crippen LogP contribution in [-0.2, 0) is 4.74 Å². The molecule has 2 fully saturated rings. The normalized spacial score (nSPS) is 44.2. The molecule has 1 saturated carbocycles. The van der Waals surface area contributed by atoms with Gasteiger partial charge in [0.1, 0.15) is 0 Å². The predicted molar refractivity (Wildman–Crippen MR) is 40.8 cm³/mol. The first kappa shape index (κ1) is 6.41. The van der Waals surface area contributed by atoms with Gasteiger partial charge in [-0.25, -0.2) is 0 Å². The van der Waals surface area contributed by atoms with Gasteiger partial charge in [0.2, 0.25) is 0 Å². The summed E-state index contributed by atoms with van der Waals surface area (Å²) in [5.41, 5.74) is 0. The summed E-state index contributed by atoms with van der Waals surface area (Å²) in [4.78, 5) is 0. The fourth-order valence-corrected chi connectivity index (χ4v) is 1.94. The minimum atomic E-state index is 0.638. The molecule has 0 aromatic carbocycles. The zero-order valence-corrected chi connectivity index (χ0v) is 6.25. The van der Waals surface area contributed by atoms with Crippen molar-refractivity contribution in [3.8, 4) is 0 Å². The highest BCUT2D eigenvalue weighted by molar-refractivity contribution is 4.93. The van der Waals surface area contributed by atoms with Gasteiger partial charge in [0.05, 0.1) is 12.2 Å². The van der Waals surface area contributed by atoms with Crippen LogP contribution in [0.15, 0.2) is 12.7 Å². The van der Waals surface area contributed by atoms with E-state index in [0.29, 0.717) is 12.2 Å². The van der Waals surface area contributed by atoms with Crippen molar-refractivity contribution in [2.75, 3.05) is 0 Å². The molecule has 0 bridgehead atoms. The van der Waals surface area contributed by atoms with E-state index in [2.05, 4.69) is 6.58 Å². The maximum Gasteiger partial charge on any atom is 0.0844 e. The third kappa shape index (κ3) is 1.10. The largest absolute Gasteiger partial charge is 0.370 e. The summed E-state index contributed by atoms with van der Waals surface area (Å²) in [6.07, 6.45) is 8.45. The zero-order chi connectivity index (χ0) is 6.97. The summed E-state index contributed by atoms with van der Waals surface area (Å²) >= 11 is 0. The minimum Gasteiger partial charge on any atom is -0.370 e. The second-order valence-corrected chi connectivity index (χ2v) is 3.42. The van der Waals surface area contributed by atoms with E-state index in [1.165, 1.54) is 25.7 Å². The maximum absolute atomic E-state index is 5.42. The Hall–Kier alpha value is -0.300. The molecule has 56 valence electrons. The molecule has 1 heteroatoms. The van der Waals surface area contributed by atoms with E-state index in [-0.39, 0.29) is 0 Å². The van der Waals surface area contributed by atoms with Crippen LogP contribution in [0.1, 0.15) is 25.7 Å². The molecule has 0 aromatic rings. The summed E-state index contributed by atoms with van der Waals surface area (Å²) in [6.45, 7) is 3.75. The lowest BCUT2D eigenvalue weighted by Crippen LogP contribution is -2.12. The van der Waals surface area contributed by atoms with Gasteiger partial charge in [-0.15, -0.1) is 6.58 Å². The highest BCUT2D eigenvalue weighted by Gasteiger charge is 2.43. The Morgan fingerprint density at radius 3 is 3.00 bits per heavy atom. The molecule has 3 unspecified atom stereocenters. The number of rotatable bonds is 2. The van der Waals surface area contributed by atoms with Gasteiger partial charge in [-0.05, 0) is 31.6 Å². The van der Waals surface area contributed by atoms with E-state index in [4.69, 9.17) is 4.74 Å². The molecule has 2 aliphatic rings. The van der Waals surface area contributed by atoms with Gasteiger partial charge < -0.3 is 4.74 Å². The van der Waals surface area contributed by atoms with Crippen molar-refractivity contribution >= 4 is 0 Å². The van der Waals surface area contributed by atoms with Gasteiger partial charge in [-0.3, -0.25) is 0 Å². The van der Waals surface area contributed by atoms with Gasteiger partial charge in [0.25, 0.3) is 0 Å². The number of hydrogen-bond donors (Lipinski definition) is 0. The van der Waals surface area contributed by atoms with Crippen molar-refractivity contribution in [2.45, 2.75) is 37.9 Å². The Morgan fingerprint density at radius 1 is 1.40 bits per heavy atom. The Labute approximate surface area is 62.1 Å². The van der Waals surface area contributed by atoms with Gasteiger partial charge >= 0.3 is 0 Å². The highest BCUT2D eigenvalue weighted by Crippen LogP contribution is 2.40. The zero-order valence-electron chi connectivity index (χ0n) is 6.25. The van der Waals surface area contributed by atoms with Crippen LogP contribution in [0.4, 0.5) is 0 Å². The highest BCUT2D eigenvalue weighted by atomic mass is 16.6. The Kier molecular flexibility index (Phi) is 1.53. The molecule has 1 aliphatic carbocycles. The molecule has 0 radical (unpaired) electrons. The van der Waals surface area contributed by atoms with Crippen molar-refractivity contribution in [1.82, 2.24) is 0 Å². The number of fused-ring (bicyclic) bond motifs is 1. The molecular formula is C9H14O. The topological polar surface area (TPSA) is 12.5 Å². The van der Waals surface area contributed by atoms with Crippen molar-refractivity contribution in [3.05, 3.63) is 12.7 Å². The molecule has 0 amide bonds. The Balaban J connectivity index is 1.82. The van der Waals surface area contributed by atoms with Crippen LogP contribution in [-0.4, -0.2) is 12.2 Å². The second kappa shape index (κ2) is 2.39. The first-order chi connectivity index (χ1) is 4.90. The molecule has 0 N–H and O–H groups in total. The monoisotopic (exact) mass is 138 g/mol. The predicted octanol–water partition coefficient (Wildman–Crippen LogP) is 2.13. The smallest absolute Gasteiger partial charge is 0.0844 e. The third-order valence-electron chi connectivity index (χ3n) is 2.61. The van der Waals surface area contributed by atoms with Gasteiger partial charge in [0, 0.05) is 0 Å². The number of epoxide rings is 1. The molecule has 1 saturated heterocycles. The standard InChI is InChI=1S/C9H14O/c1-2-3-7-4-5-8-9(6-7)10-8/h2,7-9H,1,3-6H2. The van der Waals surface area contributed by atoms with Gasteiger partial charge in [-0.2, -0.15) is 0 Å². The van der Waals surface area contributed by atoms with Crippen molar-refractivity contribution < 1.29 is 4.74 Å². The fourth-order valence-electron chi connectivity index (χ4n) is 1.94. The van der Waals surface area contributed by atoms with Crippen LogP contribution in [0.2, 0.25) is 0 Å². The lowest BCUT2D eigenvalue weighted by Gasteiger charge is -2.15. The maximum atomic E-state index is 5.42. The van der Waals surface area contributed by atoms with Crippen LogP contribution < -0.4 is 0 Å². The number of ether oxygens (including phenoxy) is 1. The number of hydrogen-bond acceptors (Lipinski definition) is 1. The lowest BCUT2D eigenvalue weighted by molar-refractivity contribution is 0.362. The molecule has 0 spiro atoms. The van der Waals surface area contributed by atoms with E-state index >= 15 is 0 Å². The van der Waals surface area contributed by atoms with Crippen molar-refractivity contribution in [1.29, 1.82) is 0 Å². The third-order valence-corrected chi connectivity index (χ3v) is 2.61. The lowest BCUT2D eigenvalue weighted by atomic mass is 9.87. The van der Waals surface area contributed by atoms with E-state index in [9.17, 15) is 0 Å². The quantitative estimate of drug-likeness (QED) is 0.420. The molecule has 10 heavy (non-hydrogen) atoms. The minimum absolute atomic E-state index is 0.638. The second-order valence-electron chi connectivity index (χ2n) is 3.42. The van der Waals surface area contributed by atoms with Gasteiger partial charge in [-0.1, -0.05) is 6.08 Å². The summed E-state index contributed by atoms with van der Waals surface area (Å²) in [5.74, 6) is 0.876. The SMILES string of the molecule is C=CCC1CCC2OC2C1. The van der Waals surface area contributed by atoms with Crippen LogP contribution in [0.5, 0.6) is 0 Å². The summed E-state index contributed by atoms with van der Waals surface area (Å²) < 4.78 is 5.42. The van der Waals surface area contributed by atoms with Crippen LogP contribution in [0.3, 0.4) is 0 Å². The van der Waals surface area contributed by atoms with Crippen LogP contribution in [0, 0.1) is 5.92 Å². The van der Waals surface area contributed by atoms with Gasteiger partial charge in [0.15, 0.2) is 0 Å². The Morgan fingerprint density at radius 2 is 2.30 bits per heavy atom. The van der Waals surface area contributed by atoms with E-state index < -0.39 is 0 Å². The fraction of sp³-hybridized carbons (Fsp3) is 0.778. The number of allylic oxidation sites excluding steroid dienone is 1. The average Bonchev–Trinajstić information content (AvgIpc) is 2.66. The molecule has 2 rings (SSSR count). The molecule has 1 nitrogen and oxygen atoms in total. The first-order valence-electron chi connectivity index (χ1n) is 4.16. The molecular weight excluding hydrogens is 124 g/mol. The van der Waals surface area contributed by atoms with E-state index in [0.717, 1.165) is 5.92 Å². The van der Waals surface area contributed by atoms with Crippen LogP contribution in [0.25, 0.3) is 0 Å². The van der Waals surface area contributed by atoms with Crippen molar-refractivity contribution in [3.63, 3.8) is 0 Å². The summed E-state index contributed by atoms with van der Waals surface area (Å²) in [7, 11) is 0. The Bertz CT molecular complexity index is 142. The molecule has 1 aliphatic heterocycles. The van der Waals surface area contributed by atoms with E-state index in [1.807, 2.05) is 6.08 Å². The summed E-state index contributed by atoms with van der Waals surface area (Å²) in [6, 6.07) is 0. The molecule has 1 heterocycles. The summed E-state index contributed by atoms with van der Waals surface area (Å²) in [5, 5.41) is 0. The average molecular weight is 138 g/mol.